The highest BCUT2D eigenvalue weighted by molar-refractivity contribution is 14.1. The van der Waals surface area contributed by atoms with Crippen LogP contribution in [0.2, 0.25) is 0 Å². The lowest BCUT2D eigenvalue weighted by Gasteiger charge is -1.95. The molecule has 13 heavy (non-hydrogen) atoms. The molecular weight excluding hydrogens is 347 g/mol. The van der Waals surface area contributed by atoms with Gasteiger partial charge in [-0.2, -0.15) is 0 Å². The first kappa shape index (κ1) is 9.20. The summed E-state index contributed by atoms with van der Waals surface area (Å²) in [7, 11) is 1.93. The lowest BCUT2D eigenvalue weighted by atomic mass is 10.4. The van der Waals surface area contributed by atoms with Crippen LogP contribution in [0.4, 0.5) is 5.82 Å². The molecule has 0 spiro atoms. The predicted molar refractivity (Wildman–Crippen MR) is 63.3 cm³/mol. The quantitative estimate of drug-likeness (QED) is 0.737. The Morgan fingerprint density at radius 1 is 1.54 bits per heavy atom. The van der Waals surface area contributed by atoms with Gasteiger partial charge in [0.2, 0.25) is 0 Å². The normalized spacial score (nSPS) is 11.0. The number of rotatable bonds is 0. The molecule has 6 heteroatoms. The maximum absolute atomic E-state index is 5.75. The van der Waals surface area contributed by atoms with Crippen molar-refractivity contribution in [3.8, 4) is 0 Å². The predicted octanol–water partition coefficient (Wildman–Crippen LogP) is 1.92. The third kappa shape index (κ3) is 1.23. The number of hydrogen-bond donors (Lipinski definition) is 1. The zero-order valence-corrected chi connectivity index (χ0v) is 10.5. The lowest BCUT2D eigenvalue weighted by molar-refractivity contribution is 0.916. The van der Waals surface area contributed by atoms with Crippen molar-refractivity contribution in [2.75, 3.05) is 5.73 Å². The summed E-state index contributed by atoms with van der Waals surface area (Å²) in [6, 6.07) is 0. The monoisotopic (exact) mass is 352 g/mol. The minimum Gasteiger partial charge on any atom is -0.383 e. The van der Waals surface area contributed by atoms with Crippen LogP contribution < -0.4 is 5.73 Å². The Morgan fingerprint density at radius 2 is 2.23 bits per heavy atom. The van der Waals surface area contributed by atoms with Gasteiger partial charge >= 0.3 is 0 Å². The van der Waals surface area contributed by atoms with Crippen LogP contribution in [0, 0.1) is 3.57 Å². The van der Waals surface area contributed by atoms with Gasteiger partial charge in [0.1, 0.15) is 22.4 Å². The molecule has 2 aromatic rings. The number of nitrogens with two attached hydrogens (primary N) is 1. The van der Waals surface area contributed by atoms with Crippen LogP contribution >= 0.6 is 38.5 Å². The van der Waals surface area contributed by atoms with E-state index in [0.29, 0.717) is 5.82 Å². The van der Waals surface area contributed by atoms with Gasteiger partial charge in [0, 0.05) is 7.05 Å². The van der Waals surface area contributed by atoms with Gasteiger partial charge in [-0.15, -0.1) is 0 Å². The average Bonchev–Trinajstić information content (AvgIpc) is 2.33. The highest BCUT2D eigenvalue weighted by Gasteiger charge is 2.14. The van der Waals surface area contributed by atoms with Crippen molar-refractivity contribution >= 4 is 55.4 Å². The maximum Gasteiger partial charge on any atom is 0.147 e. The Kier molecular flexibility index (Phi) is 2.18. The molecule has 0 unspecified atom stereocenters. The zero-order chi connectivity index (χ0) is 9.59. The third-order valence-corrected chi connectivity index (χ3v) is 4.59. The lowest BCUT2D eigenvalue weighted by Crippen LogP contribution is -1.94. The number of hydrogen-bond acceptors (Lipinski definition) is 3. The van der Waals surface area contributed by atoms with Crippen molar-refractivity contribution in [2.45, 2.75) is 0 Å². The Morgan fingerprint density at radius 3 is 2.85 bits per heavy atom. The van der Waals surface area contributed by atoms with Crippen LogP contribution in [0.25, 0.3) is 11.0 Å². The second kappa shape index (κ2) is 3.09. The number of aromatic nitrogens is 3. The second-order valence-corrected chi connectivity index (χ2v) is 4.45. The summed E-state index contributed by atoms with van der Waals surface area (Å²) in [5.41, 5.74) is 6.60. The summed E-state index contributed by atoms with van der Waals surface area (Å²) in [6.45, 7) is 0. The minimum atomic E-state index is 0.524. The fourth-order valence-corrected chi connectivity index (χ4v) is 2.44. The fourth-order valence-electron chi connectivity index (χ4n) is 1.20. The SMILES string of the molecule is Cn1c(Br)c(I)c2c(N)ncnc21. The molecule has 0 fully saturated rings. The fraction of sp³-hybridized carbons (Fsp3) is 0.143. The molecule has 2 rings (SSSR count). The standard InChI is InChI=1S/C7H6BrIN4/c1-13-5(8)4(9)3-6(10)11-2-12-7(3)13/h2H,1H3,(H2,10,11,12). The van der Waals surface area contributed by atoms with Crippen LogP contribution in [0.3, 0.4) is 0 Å². The molecule has 0 aliphatic carbocycles. The summed E-state index contributed by atoms with van der Waals surface area (Å²) < 4.78 is 3.97. The smallest absolute Gasteiger partial charge is 0.147 e. The second-order valence-electron chi connectivity index (χ2n) is 2.62. The molecule has 4 nitrogen and oxygen atoms in total. The maximum atomic E-state index is 5.75. The van der Waals surface area contributed by atoms with Crippen molar-refractivity contribution < 1.29 is 0 Å². The third-order valence-electron chi connectivity index (χ3n) is 1.87. The molecule has 0 amide bonds. The molecule has 2 heterocycles. The van der Waals surface area contributed by atoms with Crippen LogP contribution in [0.15, 0.2) is 10.9 Å². The van der Waals surface area contributed by atoms with E-state index in [1.165, 1.54) is 6.33 Å². The van der Waals surface area contributed by atoms with Crippen LogP contribution in [-0.2, 0) is 7.05 Å². The molecule has 0 bridgehead atoms. The Balaban J connectivity index is 3.03. The Hall–Kier alpha value is -0.370. The molecular formula is C7H6BrIN4. The highest BCUT2D eigenvalue weighted by Crippen LogP contribution is 2.31. The summed E-state index contributed by atoms with van der Waals surface area (Å²) >= 11 is 5.68. The summed E-state index contributed by atoms with van der Waals surface area (Å²) in [5, 5.41) is 0.914. The number of aryl methyl sites for hydroxylation is 1. The zero-order valence-electron chi connectivity index (χ0n) is 6.75. The molecule has 2 N–H and O–H groups in total. The molecule has 0 aliphatic heterocycles. The number of halogens is 2. The Bertz CT molecular complexity index is 479. The van der Waals surface area contributed by atoms with E-state index in [1.807, 2.05) is 11.6 Å². The van der Waals surface area contributed by atoms with Gasteiger partial charge < -0.3 is 10.3 Å². The van der Waals surface area contributed by atoms with Gasteiger partial charge in [0.05, 0.1) is 8.96 Å². The molecule has 2 aromatic heterocycles. The van der Waals surface area contributed by atoms with Gasteiger partial charge in [-0.3, -0.25) is 0 Å². The van der Waals surface area contributed by atoms with Gasteiger partial charge in [-0.25, -0.2) is 9.97 Å². The van der Waals surface area contributed by atoms with Crippen molar-refractivity contribution in [1.82, 2.24) is 14.5 Å². The first-order chi connectivity index (χ1) is 6.13. The Labute approximate surface area is 96.8 Å². The highest BCUT2D eigenvalue weighted by atomic mass is 127. The van der Waals surface area contributed by atoms with E-state index in [1.54, 1.807) is 0 Å². The van der Waals surface area contributed by atoms with Crippen molar-refractivity contribution in [3.05, 3.63) is 14.5 Å². The largest absolute Gasteiger partial charge is 0.383 e. The van der Waals surface area contributed by atoms with E-state index < -0.39 is 0 Å². The van der Waals surface area contributed by atoms with Crippen molar-refractivity contribution in [1.29, 1.82) is 0 Å². The topological polar surface area (TPSA) is 56.7 Å². The molecule has 0 aromatic carbocycles. The van der Waals surface area contributed by atoms with E-state index >= 15 is 0 Å². The summed E-state index contributed by atoms with van der Waals surface area (Å²) in [4.78, 5) is 8.11. The average molecular weight is 353 g/mol. The first-order valence-corrected chi connectivity index (χ1v) is 5.40. The van der Waals surface area contributed by atoms with E-state index in [2.05, 4.69) is 48.5 Å². The molecule has 68 valence electrons. The first-order valence-electron chi connectivity index (χ1n) is 3.52. The van der Waals surface area contributed by atoms with E-state index in [9.17, 15) is 0 Å². The number of anilines is 1. The van der Waals surface area contributed by atoms with Gasteiger partial charge in [0.25, 0.3) is 0 Å². The van der Waals surface area contributed by atoms with E-state index in [4.69, 9.17) is 5.73 Å². The minimum absolute atomic E-state index is 0.524. The van der Waals surface area contributed by atoms with Gasteiger partial charge in [-0.1, -0.05) is 0 Å². The van der Waals surface area contributed by atoms with Gasteiger partial charge in [0.15, 0.2) is 0 Å². The van der Waals surface area contributed by atoms with Gasteiger partial charge in [-0.05, 0) is 38.5 Å². The summed E-state index contributed by atoms with van der Waals surface area (Å²) in [5.74, 6) is 0.524. The van der Waals surface area contributed by atoms with Crippen LogP contribution in [-0.4, -0.2) is 14.5 Å². The molecule has 0 atom stereocenters. The van der Waals surface area contributed by atoms with E-state index in [-0.39, 0.29) is 0 Å². The molecule has 0 saturated carbocycles. The molecule has 0 aliphatic rings. The van der Waals surface area contributed by atoms with E-state index in [0.717, 1.165) is 19.2 Å². The van der Waals surface area contributed by atoms with Crippen molar-refractivity contribution in [2.24, 2.45) is 7.05 Å². The van der Waals surface area contributed by atoms with Crippen molar-refractivity contribution in [3.63, 3.8) is 0 Å². The molecule has 0 saturated heterocycles. The molecule has 0 radical (unpaired) electrons. The van der Waals surface area contributed by atoms with Crippen LogP contribution in [0.1, 0.15) is 0 Å². The van der Waals surface area contributed by atoms with Crippen LogP contribution in [0.5, 0.6) is 0 Å². The number of fused-ring (bicyclic) bond motifs is 1. The number of nitrogens with zero attached hydrogens (tertiary/aromatic N) is 3. The summed E-state index contributed by atoms with van der Waals surface area (Å²) in [6.07, 6.45) is 1.47. The number of nitrogen functional groups attached to an aromatic ring is 1.